The van der Waals surface area contributed by atoms with Crippen molar-refractivity contribution >= 4 is 52.6 Å². The van der Waals surface area contributed by atoms with Crippen LogP contribution in [0.15, 0.2) is 79.0 Å². The molecule has 1 heterocycles. The summed E-state index contributed by atoms with van der Waals surface area (Å²) in [5, 5.41) is 4.34. The van der Waals surface area contributed by atoms with Crippen molar-refractivity contribution < 1.29 is 9.59 Å². The standard InChI is InChI=1S/C27H23Cl3N4O2/c1-17(2)33(26(36)22-8-3-4-9-23(22)30)16-25(35)32-27-31-24(18-10-12-19(28)13-11-18)15-34(27)21-7-5-6-20(29)14-21/h3-15,17H,16H2,1-2H3,(H,31,32,35). The molecule has 0 saturated carbocycles. The highest BCUT2D eigenvalue weighted by atomic mass is 35.5. The van der Waals surface area contributed by atoms with E-state index in [1.54, 1.807) is 59.3 Å². The lowest BCUT2D eigenvalue weighted by atomic mass is 10.1. The number of nitrogens with one attached hydrogen (secondary N) is 1. The number of carbonyl (C=O) groups excluding carboxylic acids is 2. The van der Waals surface area contributed by atoms with Gasteiger partial charge in [-0.15, -0.1) is 0 Å². The third-order valence-corrected chi connectivity index (χ3v) is 6.30. The molecule has 4 aromatic rings. The molecule has 0 aliphatic rings. The number of amides is 2. The van der Waals surface area contributed by atoms with Gasteiger partial charge in [0.05, 0.1) is 16.3 Å². The maximum absolute atomic E-state index is 13.2. The minimum absolute atomic E-state index is 0.180. The van der Waals surface area contributed by atoms with Crippen molar-refractivity contribution in [3.05, 3.63) is 99.6 Å². The Morgan fingerprint density at radius 1 is 0.944 bits per heavy atom. The van der Waals surface area contributed by atoms with Crippen LogP contribution in [0.2, 0.25) is 15.1 Å². The molecule has 1 aromatic heterocycles. The monoisotopic (exact) mass is 540 g/mol. The van der Waals surface area contributed by atoms with E-state index < -0.39 is 5.91 Å². The van der Waals surface area contributed by atoms with Crippen LogP contribution in [0.3, 0.4) is 0 Å². The van der Waals surface area contributed by atoms with Crippen LogP contribution >= 0.6 is 34.8 Å². The summed E-state index contributed by atoms with van der Waals surface area (Å²) in [6, 6.07) is 21.0. The Hall–Kier alpha value is -3.32. The van der Waals surface area contributed by atoms with Crippen molar-refractivity contribution in [2.24, 2.45) is 0 Å². The molecule has 2 amide bonds. The van der Waals surface area contributed by atoms with Crippen LogP contribution in [-0.4, -0.2) is 38.9 Å². The van der Waals surface area contributed by atoms with Crippen LogP contribution in [0, 0.1) is 0 Å². The molecule has 0 radical (unpaired) electrons. The molecule has 0 spiro atoms. The second-order valence-electron chi connectivity index (χ2n) is 8.36. The second kappa shape index (κ2) is 11.2. The molecule has 0 atom stereocenters. The number of imidazole rings is 1. The zero-order valence-electron chi connectivity index (χ0n) is 19.6. The molecule has 0 aliphatic heterocycles. The first kappa shape index (κ1) is 25.8. The van der Waals surface area contributed by atoms with E-state index in [0.29, 0.717) is 32.3 Å². The molecular weight excluding hydrogens is 519 g/mol. The fourth-order valence-corrected chi connectivity index (χ4v) is 4.18. The van der Waals surface area contributed by atoms with Gasteiger partial charge in [-0.1, -0.05) is 65.1 Å². The Bertz CT molecular complexity index is 1400. The fourth-order valence-electron chi connectivity index (χ4n) is 3.65. The van der Waals surface area contributed by atoms with Gasteiger partial charge >= 0.3 is 0 Å². The first-order chi connectivity index (χ1) is 17.2. The van der Waals surface area contributed by atoms with E-state index in [1.807, 2.05) is 38.1 Å². The highest BCUT2D eigenvalue weighted by molar-refractivity contribution is 6.34. The zero-order chi connectivity index (χ0) is 25.8. The zero-order valence-corrected chi connectivity index (χ0v) is 21.8. The van der Waals surface area contributed by atoms with Gasteiger partial charge in [-0.25, -0.2) is 4.98 Å². The molecule has 36 heavy (non-hydrogen) atoms. The number of anilines is 1. The van der Waals surface area contributed by atoms with E-state index in [9.17, 15) is 9.59 Å². The molecule has 4 rings (SSSR count). The Labute approximate surface area is 224 Å². The molecule has 6 nitrogen and oxygen atoms in total. The summed E-state index contributed by atoms with van der Waals surface area (Å²) < 4.78 is 1.74. The Morgan fingerprint density at radius 2 is 1.67 bits per heavy atom. The summed E-state index contributed by atoms with van der Waals surface area (Å²) >= 11 is 18.5. The molecule has 0 bridgehead atoms. The predicted octanol–water partition coefficient (Wildman–Crippen LogP) is 6.99. The van der Waals surface area contributed by atoms with E-state index in [2.05, 4.69) is 10.3 Å². The maximum Gasteiger partial charge on any atom is 0.256 e. The summed E-state index contributed by atoms with van der Waals surface area (Å²) in [6.45, 7) is 3.50. The van der Waals surface area contributed by atoms with Gasteiger partial charge in [-0.2, -0.15) is 0 Å². The van der Waals surface area contributed by atoms with Crippen LogP contribution in [-0.2, 0) is 4.79 Å². The van der Waals surface area contributed by atoms with Gasteiger partial charge in [0.2, 0.25) is 11.9 Å². The number of hydrogen-bond donors (Lipinski definition) is 1. The number of halogens is 3. The third-order valence-electron chi connectivity index (χ3n) is 5.49. The van der Waals surface area contributed by atoms with Crippen molar-refractivity contribution in [3.8, 4) is 16.9 Å². The van der Waals surface area contributed by atoms with E-state index in [0.717, 1.165) is 11.3 Å². The number of carbonyl (C=O) groups is 2. The van der Waals surface area contributed by atoms with Gasteiger partial charge in [0.25, 0.3) is 5.91 Å². The number of nitrogens with zero attached hydrogens (tertiary/aromatic N) is 3. The second-order valence-corrected chi connectivity index (χ2v) is 9.64. The van der Waals surface area contributed by atoms with E-state index >= 15 is 0 Å². The molecule has 3 aromatic carbocycles. The maximum atomic E-state index is 13.2. The largest absolute Gasteiger partial charge is 0.327 e. The van der Waals surface area contributed by atoms with Crippen molar-refractivity contribution in [1.82, 2.24) is 14.5 Å². The topological polar surface area (TPSA) is 67.2 Å². The SMILES string of the molecule is CC(C)N(CC(=O)Nc1nc(-c2ccc(Cl)cc2)cn1-c1cccc(Cl)c1)C(=O)c1ccccc1Cl. The Morgan fingerprint density at radius 3 is 2.33 bits per heavy atom. The van der Waals surface area contributed by atoms with Crippen LogP contribution < -0.4 is 5.32 Å². The van der Waals surface area contributed by atoms with Crippen molar-refractivity contribution in [2.45, 2.75) is 19.9 Å². The average molecular weight is 542 g/mol. The number of aromatic nitrogens is 2. The molecule has 0 aliphatic carbocycles. The minimum atomic E-state index is -0.402. The number of rotatable bonds is 7. The summed E-state index contributed by atoms with van der Waals surface area (Å²) in [5.41, 5.74) is 2.52. The lowest BCUT2D eigenvalue weighted by molar-refractivity contribution is -0.117. The van der Waals surface area contributed by atoms with Crippen LogP contribution in [0.5, 0.6) is 0 Å². The number of hydrogen-bond acceptors (Lipinski definition) is 3. The van der Waals surface area contributed by atoms with Crippen LogP contribution in [0.25, 0.3) is 16.9 Å². The van der Waals surface area contributed by atoms with Crippen LogP contribution in [0.1, 0.15) is 24.2 Å². The minimum Gasteiger partial charge on any atom is -0.327 e. The van der Waals surface area contributed by atoms with E-state index in [1.165, 1.54) is 4.90 Å². The number of benzene rings is 3. The predicted molar refractivity (Wildman–Crippen MR) is 145 cm³/mol. The van der Waals surface area contributed by atoms with Gasteiger partial charge in [0.1, 0.15) is 6.54 Å². The molecule has 0 saturated heterocycles. The first-order valence-corrected chi connectivity index (χ1v) is 12.3. The van der Waals surface area contributed by atoms with Gasteiger partial charge in [0, 0.05) is 33.5 Å². The van der Waals surface area contributed by atoms with Crippen molar-refractivity contribution in [2.75, 3.05) is 11.9 Å². The first-order valence-electron chi connectivity index (χ1n) is 11.2. The van der Waals surface area contributed by atoms with Gasteiger partial charge in [-0.3, -0.25) is 19.5 Å². The lowest BCUT2D eigenvalue weighted by Gasteiger charge is -2.26. The van der Waals surface area contributed by atoms with Gasteiger partial charge in [-0.05, 0) is 56.3 Å². The average Bonchev–Trinajstić information content (AvgIpc) is 3.26. The summed E-state index contributed by atoms with van der Waals surface area (Å²) in [7, 11) is 0. The smallest absolute Gasteiger partial charge is 0.256 e. The highest BCUT2D eigenvalue weighted by Crippen LogP contribution is 2.27. The van der Waals surface area contributed by atoms with Crippen LogP contribution in [0.4, 0.5) is 5.95 Å². The highest BCUT2D eigenvalue weighted by Gasteiger charge is 2.24. The molecule has 9 heteroatoms. The third kappa shape index (κ3) is 5.90. The summed E-state index contributed by atoms with van der Waals surface area (Å²) in [4.78, 5) is 32.4. The Balaban J connectivity index is 1.64. The normalized spacial score (nSPS) is 10.9. The van der Waals surface area contributed by atoms with E-state index in [4.69, 9.17) is 34.8 Å². The van der Waals surface area contributed by atoms with E-state index in [-0.39, 0.29) is 18.5 Å². The van der Waals surface area contributed by atoms with Gasteiger partial charge < -0.3 is 4.90 Å². The fraction of sp³-hybridized carbons (Fsp3) is 0.148. The van der Waals surface area contributed by atoms with Gasteiger partial charge in [0.15, 0.2) is 0 Å². The quantitative estimate of drug-likeness (QED) is 0.274. The molecule has 184 valence electrons. The summed E-state index contributed by atoms with van der Waals surface area (Å²) in [6.07, 6.45) is 1.81. The van der Waals surface area contributed by atoms with Crippen molar-refractivity contribution in [1.29, 1.82) is 0 Å². The molecular formula is C27H23Cl3N4O2. The summed E-state index contributed by atoms with van der Waals surface area (Å²) in [5.74, 6) is -0.437. The Kier molecular flexibility index (Phi) is 7.99. The molecule has 0 fully saturated rings. The van der Waals surface area contributed by atoms with Crippen molar-refractivity contribution in [3.63, 3.8) is 0 Å². The molecule has 1 N–H and O–H groups in total. The molecule has 0 unspecified atom stereocenters. The lowest BCUT2D eigenvalue weighted by Crippen LogP contribution is -2.42.